The summed E-state index contributed by atoms with van der Waals surface area (Å²) in [5.41, 5.74) is 7.82. The molecule has 7 nitrogen and oxygen atoms in total. The van der Waals surface area contributed by atoms with Gasteiger partial charge in [0.1, 0.15) is 0 Å². The highest BCUT2D eigenvalue weighted by atomic mass is 16.6. The molecule has 0 spiro atoms. The Bertz CT molecular complexity index is 546. The number of nitro groups is 1. The van der Waals surface area contributed by atoms with Gasteiger partial charge in [-0.2, -0.15) is 0 Å². The molecule has 2 N–H and O–H groups in total. The second kappa shape index (κ2) is 4.30. The highest BCUT2D eigenvalue weighted by Gasteiger charge is 2.10. The summed E-state index contributed by atoms with van der Waals surface area (Å²) in [5, 5.41) is 18.4. The van der Waals surface area contributed by atoms with Crippen molar-refractivity contribution >= 4 is 5.69 Å². The molecule has 0 saturated carbocycles. The molecule has 0 amide bonds. The minimum absolute atomic E-state index is 0.0468. The number of hydrogen-bond donors (Lipinski definition) is 1. The lowest BCUT2D eigenvalue weighted by atomic mass is 10.2. The van der Waals surface area contributed by atoms with E-state index >= 15 is 0 Å². The average Bonchev–Trinajstić information content (AvgIpc) is 2.70. The van der Waals surface area contributed by atoms with Crippen LogP contribution in [0.25, 0.3) is 5.69 Å². The van der Waals surface area contributed by atoms with E-state index in [0.717, 1.165) is 11.4 Å². The Hall–Kier alpha value is -2.28. The van der Waals surface area contributed by atoms with Crippen LogP contribution in [0.15, 0.2) is 24.3 Å². The van der Waals surface area contributed by atoms with Crippen molar-refractivity contribution in [3.63, 3.8) is 0 Å². The monoisotopic (exact) mass is 233 g/mol. The number of hydrogen-bond acceptors (Lipinski definition) is 5. The summed E-state index contributed by atoms with van der Waals surface area (Å²) in [4.78, 5) is 10.1. The van der Waals surface area contributed by atoms with E-state index in [-0.39, 0.29) is 5.69 Å². The molecule has 0 fully saturated rings. The fraction of sp³-hybridized carbons (Fsp3) is 0.200. The Balaban J connectivity index is 2.39. The van der Waals surface area contributed by atoms with Crippen LogP contribution in [0.4, 0.5) is 5.69 Å². The fourth-order valence-corrected chi connectivity index (χ4v) is 1.51. The molecule has 0 aliphatic heterocycles. The highest BCUT2D eigenvalue weighted by molar-refractivity contribution is 5.41. The molecular weight excluding hydrogens is 222 g/mol. The molecule has 0 bridgehead atoms. The van der Waals surface area contributed by atoms with E-state index in [2.05, 4.69) is 10.3 Å². The van der Waals surface area contributed by atoms with Crippen LogP contribution in [0, 0.1) is 17.0 Å². The van der Waals surface area contributed by atoms with Gasteiger partial charge >= 0.3 is 0 Å². The summed E-state index contributed by atoms with van der Waals surface area (Å²) >= 11 is 0. The maximum Gasteiger partial charge on any atom is 0.269 e. The van der Waals surface area contributed by atoms with E-state index in [9.17, 15) is 10.1 Å². The second-order valence-electron chi connectivity index (χ2n) is 3.51. The molecule has 17 heavy (non-hydrogen) atoms. The van der Waals surface area contributed by atoms with Gasteiger partial charge in [-0.15, -0.1) is 5.10 Å². The molecule has 0 saturated heterocycles. The third-order valence-corrected chi connectivity index (χ3v) is 2.49. The molecule has 0 unspecified atom stereocenters. The van der Waals surface area contributed by atoms with Crippen LogP contribution in [-0.4, -0.2) is 19.9 Å². The van der Waals surface area contributed by atoms with Gasteiger partial charge < -0.3 is 5.73 Å². The summed E-state index contributed by atoms with van der Waals surface area (Å²) < 4.78 is 1.60. The SMILES string of the molecule is Cc1c(CN)nnn1-c1ccc([N+](=O)[O-])cc1. The largest absolute Gasteiger partial charge is 0.325 e. The quantitative estimate of drug-likeness (QED) is 0.628. The topological polar surface area (TPSA) is 99.9 Å². The highest BCUT2D eigenvalue weighted by Crippen LogP contribution is 2.16. The van der Waals surface area contributed by atoms with Crippen LogP contribution >= 0.6 is 0 Å². The minimum atomic E-state index is -0.441. The van der Waals surface area contributed by atoms with Gasteiger partial charge in [-0.25, -0.2) is 4.68 Å². The van der Waals surface area contributed by atoms with Crippen LogP contribution in [0.1, 0.15) is 11.4 Å². The van der Waals surface area contributed by atoms with Gasteiger partial charge in [0.15, 0.2) is 0 Å². The zero-order valence-corrected chi connectivity index (χ0v) is 9.20. The van der Waals surface area contributed by atoms with E-state index < -0.39 is 4.92 Å². The van der Waals surface area contributed by atoms with E-state index in [1.807, 2.05) is 6.92 Å². The van der Waals surface area contributed by atoms with Gasteiger partial charge in [0.05, 0.1) is 22.0 Å². The molecule has 0 radical (unpaired) electrons. The van der Waals surface area contributed by atoms with E-state index in [4.69, 9.17) is 5.73 Å². The van der Waals surface area contributed by atoms with Gasteiger partial charge in [-0.3, -0.25) is 10.1 Å². The molecule has 0 aliphatic carbocycles. The van der Waals surface area contributed by atoms with Gasteiger partial charge in [-0.1, -0.05) is 5.21 Å². The smallest absolute Gasteiger partial charge is 0.269 e. The zero-order chi connectivity index (χ0) is 12.4. The molecule has 0 aliphatic rings. The lowest BCUT2D eigenvalue weighted by molar-refractivity contribution is -0.384. The molecule has 0 atom stereocenters. The lowest BCUT2D eigenvalue weighted by Gasteiger charge is -2.02. The number of benzene rings is 1. The minimum Gasteiger partial charge on any atom is -0.325 e. The fourth-order valence-electron chi connectivity index (χ4n) is 1.51. The molecule has 88 valence electrons. The standard InChI is InChI=1S/C10H11N5O2/c1-7-10(6-11)12-13-14(7)8-2-4-9(5-3-8)15(16)17/h2-5H,6,11H2,1H3. The van der Waals surface area contributed by atoms with Crippen LogP contribution in [0.3, 0.4) is 0 Å². The van der Waals surface area contributed by atoms with Crippen molar-refractivity contribution < 1.29 is 4.92 Å². The number of nitrogens with two attached hydrogens (primary N) is 1. The summed E-state index contributed by atoms with van der Waals surface area (Å²) in [6.45, 7) is 2.17. The predicted molar refractivity (Wildman–Crippen MR) is 60.6 cm³/mol. The molecule has 1 heterocycles. The van der Waals surface area contributed by atoms with Crippen molar-refractivity contribution in [3.05, 3.63) is 45.8 Å². The molecule has 2 aromatic rings. The van der Waals surface area contributed by atoms with Crippen LogP contribution in [-0.2, 0) is 6.54 Å². The normalized spacial score (nSPS) is 10.5. The summed E-state index contributed by atoms with van der Waals surface area (Å²) in [5.74, 6) is 0. The molecule has 2 rings (SSSR count). The molecule has 1 aromatic carbocycles. The van der Waals surface area contributed by atoms with E-state index in [0.29, 0.717) is 12.2 Å². The Morgan fingerprint density at radius 1 is 1.41 bits per heavy atom. The first-order valence-corrected chi connectivity index (χ1v) is 4.99. The first-order valence-electron chi connectivity index (χ1n) is 4.99. The number of nitrogens with zero attached hydrogens (tertiary/aromatic N) is 4. The van der Waals surface area contributed by atoms with Crippen LogP contribution < -0.4 is 5.73 Å². The van der Waals surface area contributed by atoms with Gasteiger partial charge in [0.2, 0.25) is 0 Å². The number of non-ortho nitro benzene ring substituents is 1. The van der Waals surface area contributed by atoms with Crippen molar-refractivity contribution in [1.29, 1.82) is 0 Å². The number of nitro benzene ring substituents is 1. The van der Waals surface area contributed by atoms with Crippen molar-refractivity contribution in [3.8, 4) is 5.69 Å². The second-order valence-corrected chi connectivity index (χ2v) is 3.51. The predicted octanol–water partition coefficient (Wildman–Crippen LogP) is 0.943. The molecular formula is C10H11N5O2. The average molecular weight is 233 g/mol. The summed E-state index contributed by atoms with van der Waals surface area (Å²) in [6, 6.07) is 6.11. The Morgan fingerprint density at radius 3 is 2.53 bits per heavy atom. The Morgan fingerprint density at radius 2 is 2.06 bits per heavy atom. The summed E-state index contributed by atoms with van der Waals surface area (Å²) in [6.07, 6.45) is 0. The molecule has 7 heteroatoms. The Labute approximate surface area is 97.0 Å². The first kappa shape index (κ1) is 11.2. The van der Waals surface area contributed by atoms with Crippen molar-refractivity contribution in [2.45, 2.75) is 13.5 Å². The van der Waals surface area contributed by atoms with Gasteiger partial charge in [-0.05, 0) is 19.1 Å². The maximum atomic E-state index is 10.5. The van der Waals surface area contributed by atoms with Crippen molar-refractivity contribution in [1.82, 2.24) is 15.0 Å². The van der Waals surface area contributed by atoms with E-state index in [1.54, 1.807) is 16.8 Å². The molecule has 1 aromatic heterocycles. The first-order chi connectivity index (χ1) is 8.13. The van der Waals surface area contributed by atoms with Crippen LogP contribution in [0.5, 0.6) is 0 Å². The van der Waals surface area contributed by atoms with Crippen molar-refractivity contribution in [2.75, 3.05) is 0 Å². The van der Waals surface area contributed by atoms with E-state index in [1.165, 1.54) is 12.1 Å². The van der Waals surface area contributed by atoms with Crippen LogP contribution in [0.2, 0.25) is 0 Å². The number of aromatic nitrogens is 3. The Kier molecular flexibility index (Phi) is 2.84. The van der Waals surface area contributed by atoms with Gasteiger partial charge in [0, 0.05) is 18.7 Å². The van der Waals surface area contributed by atoms with Crippen molar-refractivity contribution in [2.24, 2.45) is 5.73 Å². The maximum absolute atomic E-state index is 10.5. The summed E-state index contributed by atoms with van der Waals surface area (Å²) in [7, 11) is 0. The third-order valence-electron chi connectivity index (χ3n) is 2.49. The zero-order valence-electron chi connectivity index (χ0n) is 9.20. The lowest BCUT2D eigenvalue weighted by Crippen LogP contribution is -2.02. The third kappa shape index (κ3) is 2.00. The van der Waals surface area contributed by atoms with Gasteiger partial charge in [0.25, 0.3) is 5.69 Å². The number of rotatable bonds is 3.